The Morgan fingerprint density at radius 1 is 1.24 bits per heavy atom. The molecule has 0 spiro atoms. The van der Waals surface area contributed by atoms with Gasteiger partial charge in [-0.1, -0.05) is 23.7 Å². The van der Waals surface area contributed by atoms with Crippen LogP contribution >= 0.6 is 11.6 Å². The third-order valence-corrected chi connectivity index (χ3v) is 2.43. The SMILES string of the molecule is OCCc1ccc(Oc2ncncc2Cl)cc1. The average Bonchev–Trinajstić information content (AvgIpc) is 2.35. The number of hydrogen-bond acceptors (Lipinski definition) is 4. The van der Waals surface area contributed by atoms with E-state index < -0.39 is 0 Å². The fourth-order valence-electron chi connectivity index (χ4n) is 1.34. The maximum Gasteiger partial charge on any atom is 0.241 e. The van der Waals surface area contributed by atoms with Gasteiger partial charge in [0.25, 0.3) is 0 Å². The lowest BCUT2D eigenvalue weighted by atomic mass is 10.1. The Balaban J connectivity index is 2.11. The van der Waals surface area contributed by atoms with Crippen LogP contribution < -0.4 is 4.74 Å². The molecule has 88 valence electrons. The van der Waals surface area contributed by atoms with Crippen molar-refractivity contribution in [2.24, 2.45) is 0 Å². The largest absolute Gasteiger partial charge is 0.437 e. The minimum atomic E-state index is 0.137. The van der Waals surface area contributed by atoms with Gasteiger partial charge < -0.3 is 9.84 Å². The zero-order chi connectivity index (χ0) is 12.1. The van der Waals surface area contributed by atoms with Gasteiger partial charge in [-0.05, 0) is 24.1 Å². The third-order valence-electron chi connectivity index (χ3n) is 2.17. The monoisotopic (exact) mass is 250 g/mol. The molecule has 2 aromatic rings. The van der Waals surface area contributed by atoms with E-state index in [0.29, 0.717) is 23.1 Å². The van der Waals surface area contributed by atoms with Gasteiger partial charge in [0.2, 0.25) is 5.88 Å². The van der Waals surface area contributed by atoms with Crippen molar-refractivity contribution in [1.82, 2.24) is 9.97 Å². The molecule has 1 N–H and O–H groups in total. The van der Waals surface area contributed by atoms with E-state index in [9.17, 15) is 0 Å². The van der Waals surface area contributed by atoms with Crippen molar-refractivity contribution in [3.05, 3.63) is 47.4 Å². The van der Waals surface area contributed by atoms with E-state index in [2.05, 4.69) is 9.97 Å². The van der Waals surface area contributed by atoms with Crippen LogP contribution in [0.1, 0.15) is 5.56 Å². The van der Waals surface area contributed by atoms with Gasteiger partial charge in [0.05, 0.1) is 6.20 Å². The molecule has 1 aromatic heterocycles. The molecular weight excluding hydrogens is 240 g/mol. The Hall–Kier alpha value is -1.65. The summed E-state index contributed by atoms with van der Waals surface area (Å²) in [5.74, 6) is 0.976. The van der Waals surface area contributed by atoms with Crippen LogP contribution in [0, 0.1) is 0 Å². The number of ether oxygens (including phenoxy) is 1. The predicted octanol–water partition coefficient (Wildman–Crippen LogP) is 2.46. The van der Waals surface area contributed by atoms with Gasteiger partial charge in [-0.25, -0.2) is 9.97 Å². The molecule has 0 saturated heterocycles. The summed E-state index contributed by atoms with van der Waals surface area (Å²) in [5, 5.41) is 9.16. The van der Waals surface area contributed by atoms with E-state index in [1.54, 1.807) is 0 Å². The van der Waals surface area contributed by atoms with Crippen molar-refractivity contribution in [3.63, 3.8) is 0 Å². The lowest BCUT2D eigenvalue weighted by Crippen LogP contribution is -1.92. The van der Waals surface area contributed by atoms with Crippen LogP contribution in [0.5, 0.6) is 11.6 Å². The van der Waals surface area contributed by atoms with Crippen LogP contribution in [0.2, 0.25) is 5.02 Å². The molecule has 0 saturated carbocycles. The second-order valence-electron chi connectivity index (χ2n) is 3.40. The molecule has 0 fully saturated rings. The van der Waals surface area contributed by atoms with Crippen LogP contribution in [0.3, 0.4) is 0 Å². The standard InChI is InChI=1S/C12H11ClN2O2/c13-11-7-14-8-15-12(11)17-10-3-1-9(2-4-10)5-6-16/h1-4,7-8,16H,5-6H2. The molecule has 0 atom stereocenters. The molecule has 4 nitrogen and oxygen atoms in total. The summed E-state index contributed by atoms with van der Waals surface area (Å²) in [6.07, 6.45) is 3.49. The predicted molar refractivity (Wildman–Crippen MR) is 64.3 cm³/mol. The number of benzene rings is 1. The lowest BCUT2D eigenvalue weighted by molar-refractivity contribution is 0.299. The summed E-state index contributed by atoms with van der Waals surface area (Å²) in [5.41, 5.74) is 1.05. The van der Waals surface area contributed by atoms with Gasteiger partial charge in [-0.2, -0.15) is 0 Å². The molecule has 2 rings (SSSR count). The van der Waals surface area contributed by atoms with Crippen molar-refractivity contribution < 1.29 is 9.84 Å². The molecule has 0 amide bonds. The topological polar surface area (TPSA) is 55.2 Å². The van der Waals surface area contributed by atoms with Crippen molar-refractivity contribution in [2.75, 3.05) is 6.61 Å². The maximum atomic E-state index is 8.79. The van der Waals surface area contributed by atoms with Crippen LogP contribution in [0.4, 0.5) is 0 Å². The molecule has 0 unspecified atom stereocenters. The van der Waals surface area contributed by atoms with E-state index in [0.717, 1.165) is 5.56 Å². The second-order valence-corrected chi connectivity index (χ2v) is 3.80. The number of halogens is 1. The minimum Gasteiger partial charge on any atom is -0.437 e. The average molecular weight is 251 g/mol. The first kappa shape index (κ1) is 11.8. The Morgan fingerprint density at radius 3 is 2.65 bits per heavy atom. The normalized spacial score (nSPS) is 10.2. The summed E-state index contributed by atoms with van der Waals surface area (Å²) >= 11 is 5.87. The highest BCUT2D eigenvalue weighted by Crippen LogP contribution is 2.25. The first-order valence-electron chi connectivity index (χ1n) is 5.13. The number of aliphatic hydroxyl groups is 1. The van der Waals surface area contributed by atoms with Crippen molar-refractivity contribution in [2.45, 2.75) is 6.42 Å². The molecule has 0 radical (unpaired) electrons. The van der Waals surface area contributed by atoms with E-state index in [-0.39, 0.29) is 6.61 Å². The highest BCUT2D eigenvalue weighted by atomic mass is 35.5. The van der Waals surface area contributed by atoms with Gasteiger partial charge in [0, 0.05) is 6.61 Å². The summed E-state index contributed by atoms with van der Waals surface area (Å²) in [4.78, 5) is 7.70. The van der Waals surface area contributed by atoms with Crippen LogP contribution in [0.25, 0.3) is 0 Å². The van der Waals surface area contributed by atoms with Crippen molar-refractivity contribution in [3.8, 4) is 11.6 Å². The van der Waals surface area contributed by atoms with Crippen LogP contribution in [-0.4, -0.2) is 21.7 Å². The molecule has 17 heavy (non-hydrogen) atoms. The molecule has 1 heterocycles. The Labute approximate surface area is 104 Å². The molecular formula is C12H11ClN2O2. The molecule has 0 bridgehead atoms. The second kappa shape index (κ2) is 5.61. The number of aromatic nitrogens is 2. The zero-order valence-electron chi connectivity index (χ0n) is 9.01. The molecule has 1 aromatic carbocycles. The quantitative estimate of drug-likeness (QED) is 0.906. The van der Waals surface area contributed by atoms with Gasteiger partial charge in [0.1, 0.15) is 17.1 Å². The number of rotatable bonds is 4. The summed E-state index contributed by atoms with van der Waals surface area (Å²) < 4.78 is 5.50. The first-order valence-corrected chi connectivity index (χ1v) is 5.50. The molecule has 5 heteroatoms. The lowest BCUT2D eigenvalue weighted by Gasteiger charge is -2.06. The van der Waals surface area contributed by atoms with Crippen molar-refractivity contribution >= 4 is 11.6 Å². The van der Waals surface area contributed by atoms with Crippen LogP contribution in [0.15, 0.2) is 36.8 Å². The fourth-order valence-corrected chi connectivity index (χ4v) is 1.49. The van der Waals surface area contributed by atoms with E-state index >= 15 is 0 Å². The highest BCUT2D eigenvalue weighted by molar-refractivity contribution is 6.31. The summed E-state index contributed by atoms with van der Waals surface area (Å²) in [6.45, 7) is 0.137. The Bertz CT molecular complexity index is 488. The van der Waals surface area contributed by atoms with Gasteiger partial charge in [-0.15, -0.1) is 0 Å². The molecule has 0 aliphatic heterocycles. The number of hydrogen-bond donors (Lipinski definition) is 1. The number of nitrogens with zero attached hydrogens (tertiary/aromatic N) is 2. The Morgan fingerprint density at radius 2 is 2.00 bits per heavy atom. The fraction of sp³-hybridized carbons (Fsp3) is 0.167. The summed E-state index contributed by atoms with van der Waals surface area (Å²) in [7, 11) is 0. The van der Waals surface area contributed by atoms with E-state index in [4.69, 9.17) is 21.4 Å². The van der Waals surface area contributed by atoms with E-state index in [1.807, 2.05) is 24.3 Å². The zero-order valence-corrected chi connectivity index (χ0v) is 9.76. The maximum absolute atomic E-state index is 8.79. The molecule has 0 aliphatic carbocycles. The number of aliphatic hydroxyl groups excluding tert-OH is 1. The van der Waals surface area contributed by atoms with Gasteiger partial charge >= 0.3 is 0 Å². The smallest absolute Gasteiger partial charge is 0.241 e. The summed E-state index contributed by atoms with van der Waals surface area (Å²) in [6, 6.07) is 7.40. The highest BCUT2D eigenvalue weighted by Gasteiger charge is 2.04. The minimum absolute atomic E-state index is 0.137. The van der Waals surface area contributed by atoms with E-state index in [1.165, 1.54) is 12.5 Å². The first-order chi connectivity index (χ1) is 8.29. The molecule has 0 aliphatic rings. The van der Waals surface area contributed by atoms with Crippen LogP contribution in [-0.2, 0) is 6.42 Å². The van der Waals surface area contributed by atoms with Crippen molar-refractivity contribution in [1.29, 1.82) is 0 Å². The third kappa shape index (κ3) is 3.15. The van der Waals surface area contributed by atoms with Gasteiger partial charge in [-0.3, -0.25) is 0 Å². The Kier molecular flexibility index (Phi) is 3.90. The van der Waals surface area contributed by atoms with Gasteiger partial charge in [0.15, 0.2) is 0 Å².